The molecule has 1 aliphatic heterocycles. The first-order valence-electron chi connectivity index (χ1n) is 12.4. The molecule has 6 nitrogen and oxygen atoms in total. The highest BCUT2D eigenvalue weighted by molar-refractivity contribution is 6.12. The minimum absolute atomic E-state index is 0.104. The van der Waals surface area contributed by atoms with E-state index in [0.717, 1.165) is 45.3 Å². The van der Waals surface area contributed by atoms with Gasteiger partial charge in [-0.05, 0) is 59.4 Å². The third-order valence-corrected chi connectivity index (χ3v) is 7.23. The van der Waals surface area contributed by atoms with Crippen molar-refractivity contribution in [2.45, 2.75) is 31.7 Å². The van der Waals surface area contributed by atoms with Gasteiger partial charge in [0, 0.05) is 41.8 Å². The van der Waals surface area contributed by atoms with Gasteiger partial charge in [-0.2, -0.15) is 0 Å². The summed E-state index contributed by atoms with van der Waals surface area (Å²) in [5.41, 5.74) is 6.79. The molecule has 0 spiro atoms. The van der Waals surface area contributed by atoms with Crippen molar-refractivity contribution < 1.29 is 19.1 Å². The number of esters is 1. The molecule has 0 amide bonds. The Labute approximate surface area is 214 Å². The molecule has 0 radical (unpaired) electrons. The van der Waals surface area contributed by atoms with Crippen LogP contribution in [0.25, 0.3) is 16.5 Å². The molecule has 6 rings (SSSR count). The third kappa shape index (κ3) is 4.04. The van der Waals surface area contributed by atoms with Gasteiger partial charge in [0.05, 0.1) is 18.7 Å². The number of anilines is 1. The van der Waals surface area contributed by atoms with Gasteiger partial charge >= 0.3 is 5.97 Å². The van der Waals surface area contributed by atoms with Crippen LogP contribution in [-0.4, -0.2) is 23.8 Å². The molecule has 1 N–H and O–H groups in total. The summed E-state index contributed by atoms with van der Waals surface area (Å²) in [5.74, 6) is 0.598. The fraction of sp³-hybridized carbons (Fsp3) is 0.194. The van der Waals surface area contributed by atoms with E-state index in [1.807, 2.05) is 48.5 Å². The van der Waals surface area contributed by atoms with Gasteiger partial charge in [0.25, 0.3) is 0 Å². The minimum Gasteiger partial charge on any atom is -0.493 e. The number of pyridine rings is 1. The highest BCUT2D eigenvalue weighted by Gasteiger charge is 2.38. The Hall–Kier alpha value is -4.45. The van der Waals surface area contributed by atoms with Crippen molar-refractivity contribution in [3.05, 3.63) is 101 Å². The van der Waals surface area contributed by atoms with Crippen LogP contribution >= 0.6 is 0 Å². The van der Waals surface area contributed by atoms with Gasteiger partial charge in [-0.3, -0.25) is 14.6 Å². The lowest BCUT2D eigenvalue weighted by Crippen LogP contribution is -2.29. The first-order chi connectivity index (χ1) is 18.0. The van der Waals surface area contributed by atoms with Crippen LogP contribution in [0.15, 0.2) is 84.6 Å². The molecule has 184 valence electrons. The minimum atomic E-state index is -0.421. The number of benzene rings is 3. The first kappa shape index (κ1) is 23.0. The zero-order valence-electron chi connectivity index (χ0n) is 20.7. The monoisotopic (exact) mass is 490 g/mol. The number of hydrogen-bond acceptors (Lipinski definition) is 6. The predicted octanol–water partition coefficient (Wildman–Crippen LogP) is 6.24. The van der Waals surface area contributed by atoms with E-state index < -0.39 is 5.97 Å². The summed E-state index contributed by atoms with van der Waals surface area (Å²) in [6.07, 6.45) is 2.99. The zero-order chi connectivity index (χ0) is 25.5. The molecule has 2 heterocycles. The second-order valence-corrected chi connectivity index (χ2v) is 9.47. The van der Waals surface area contributed by atoms with Gasteiger partial charge in [0.1, 0.15) is 0 Å². The van der Waals surface area contributed by atoms with Gasteiger partial charge in [-0.1, -0.05) is 42.5 Å². The summed E-state index contributed by atoms with van der Waals surface area (Å²) in [6, 6.07) is 23.4. The van der Waals surface area contributed by atoms with Crippen LogP contribution in [0, 0.1) is 0 Å². The van der Waals surface area contributed by atoms with Crippen molar-refractivity contribution in [3.8, 4) is 11.5 Å². The van der Waals surface area contributed by atoms with Crippen LogP contribution in [0.5, 0.6) is 11.5 Å². The number of Topliss-reactive ketones (excluding diaryl/α,β-unsaturated/α-hetero) is 1. The van der Waals surface area contributed by atoms with Crippen LogP contribution in [0.1, 0.15) is 48.4 Å². The van der Waals surface area contributed by atoms with E-state index in [1.165, 1.54) is 19.6 Å². The molecule has 0 unspecified atom stereocenters. The highest BCUT2D eigenvalue weighted by Crippen LogP contribution is 2.51. The Morgan fingerprint density at radius 2 is 1.78 bits per heavy atom. The number of aromatic nitrogens is 1. The number of rotatable bonds is 4. The normalized spacial score (nSPS) is 18.6. The van der Waals surface area contributed by atoms with Gasteiger partial charge in [0.2, 0.25) is 0 Å². The Bertz CT molecular complexity index is 1580. The number of carbonyl (C=O) groups is 2. The summed E-state index contributed by atoms with van der Waals surface area (Å²) in [6.45, 7) is 1.35. The Morgan fingerprint density at radius 1 is 0.946 bits per heavy atom. The van der Waals surface area contributed by atoms with Crippen LogP contribution in [0.3, 0.4) is 0 Å². The number of methoxy groups -OCH3 is 1. The second kappa shape index (κ2) is 9.21. The fourth-order valence-corrected chi connectivity index (χ4v) is 5.64. The predicted molar refractivity (Wildman–Crippen MR) is 143 cm³/mol. The van der Waals surface area contributed by atoms with Crippen LogP contribution in [0.2, 0.25) is 0 Å². The molecule has 3 aromatic carbocycles. The summed E-state index contributed by atoms with van der Waals surface area (Å²) in [7, 11) is 1.54. The molecule has 0 saturated carbocycles. The number of fused-ring (bicyclic) bond motifs is 4. The summed E-state index contributed by atoms with van der Waals surface area (Å²) < 4.78 is 10.8. The summed E-state index contributed by atoms with van der Waals surface area (Å²) >= 11 is 0. The largest absolute Gasteiger partial charge is 0.493 e. The standard InChI is InChI=1S/C31H26N2O4/c1-18(34)37-27-13-10-20(17-28(27)36-2)31-30-23(15-21(16-26(30)35)19-7-4-3-5-8-19)29-22-9-6-14-32-24(22)11-12-25(29)33-31/h3-14,17,21,31,33H,15-16H2,1-2H3/t21-,31-/m1/s1. The van der Waals surface area contributed by atoms with E-state index in [0.29, 0.717) is 17.9 Å². The molecule has 2 aliphatic rings. The quantitative estimate of drug-likeness (QED) is 0.270. The van der Waals surface area contributed by atoms with Crippen molar-refractivity contribution in [1.82, 2.24) is 4.98 Å². The number of ether oxygens (including phenoxy) is 2. The molecule has 4 aromatic rings. The third-order valence-electron chi connectivity index (χ3n) is 7.23. The number of hydrogen-bond donors (Lipinski definition) is 1. The lowest BCUT2D eigenvalue weighted by atomic mass is 9.72. The van der Waals surface area contributed by atoms with E-state index in [2.05, 4.69) is 28.5 Å². The van der Waals surface area contributed by atoms with Gasteiger partial charge in [-0.15, -0.1) is 0 Å². The maximum absolute atomic E-state index is 13.9. The second-order valence-electron chi connectivity index (χ2n) is 9.47. The molecule has 0 bridgehead atoms. The van der Waals surface area contributed by atoms with Gasteiger partial charge in [-0.25, -0.2) is 0 Å². The number of ketones is 1. The maximum Gasteiger partial charge on any atom is 0.308 e. The lowest BCUT2D eigenvalue weighted by molar-refractivity contribution is -0.132. The van der Waals surface area contributed by atoms with Crippen molar-refractivity contribution in [3.63, 3.8) is 0 Å². The molecule has 0 saturated heterocycles. The summed E-state index contributed by atoms with van der Waals surface area (Å²) in [4.78, 5) is 30.0. The SMILES string of the molecule is COc1cc([C@H]2Nc3ccc4ncccc4c3C3=C2C(=O)C[C@H](c2ccccc2)C3)ccc1OC(C)=O. The molecule has 2 atom stereocenters. The van der Waals surface area contributed by atoms with Crippen LogP contribution < -0.4 is 14.8 Å². The van der Waals surface area contributed by atoms with E-state index in [1.54, 1.807) is 12.3 Å². The van der Waals surface area contributed by atoms with E-state index in [4.69, 9.17) is 9.47 Å². The van der Waals surface area contributed by atoms with Crippen LogP contribution in [0.4, 0.5) is 5.69 Å². The molecule has 6 heteroatoms. The van der Waals surface area contributed by atoms with Crippen molar-refractivity contribution in [2.75, 3.05) is 12.4 Å². The fourth-order valence-electron chi connectivity index (χ4n) is 5.64. The number of allylic oxidation sites excluding steroid dienone is 1. The van der Waals surface area contributed by atoms with Gasteiger partial charge < -0.3 is 14.8 Å². The number of nitrogens with zero attached hydrogens (tertiary/aromatic N) is 1. The maximum atomic E-state index is 13.9. The molecule has 1 aliphatic carbocycles. The topological polar surface area (TPSA) is 77.5 Å². The number of nitrogens with one attached hydrogen (secondary N) is 1. The van der Waals surface area contributed by atoms with Gasteiger partial charge in [0.15, 0.2) is 17.3 Å². The average Bonchev–Trinajstić information content (AvgIpc) is 2.92. The molecular formula is C31H26N2O4. The Morgan fingerprint density at radius 3 is 2.57 bits per heavy atom. The smallest absolute Gasteiger partial charge is 0.308 e. The lowest BCUT2D eigenvalue weighted by Gasteiger charge is -2.37. The van der Waals surface area contributed by atoms with Crippen LogP contribution in [-0.2, 0) is 9.59 Å². The summed E-state index contributed by atoms with van der Waals surface area (Å²) in [5, 5.41) is 4.66. The van der Waals surface area contributed by atoms with E-state index >= 15 is 0 Å². The van der Waals surface area contributed by atoms with Crippen molar-refractivity contribution >= 4 is 33.9 Å². The van der Waals surface area contributed by atoms with Crippen molar-refractivity contribution in [1.29, 1.82) is 0 Å². The van der Waals surface area contributed by atoms with E-state index in [9.17, 15) is 9.59 Å². The Kier molecular flexibility index (Phi) is 5.72. The van der Waals surface area contributed by atoms with Crippen molar-refractivity contribution in [2.24, 2.45) is 0 Å². The average molecular weight is 491 g/mol. The molecule has 1 aromatic heterocycles. The highest BCUT2D eigenvalue weighted by atomic mass is 16.6. The zero-order valence-corrected chi connectivity index (χ0v) is 20.7. The Balaban J connectivity index is 1.53. The first-order valence-corrected chi connectivity index (χ1v) is 12.4. The van der Waals surface area contributed by atoms with E-state index in [-0.39, 0.29) is 17.7 Å². The molecule has 37 heavy (non-hydrogen) atoms. The number of carbonyl (C=O) groups excluding carboxylic acids is 2. The molecule has 0 fully saturated rings. The molecular weight excluding hydrogens is 464 g/mol.